The largest absolute Gasteiger partial charge is 0.462 e. The molecule has 1 N–H and O–H groups in total. The second-order valence-electron chi connectivity index (χ2n) is 15.1. The van der Waals surface area contributed by atoms with Gasteiger partial charge in [0.25, 0.3) is 0 Å². The van der Waals surface area contributed by atoms with Crippen LogP contribution in [0.1, 0.15) is 213 Å². The van der Waals surface area contributed by atoms with Crippen molar-refractivity contribution in [1.82, 2.24) is 0 Å². The van der Waals surface area contributed by atoms with E-state index in [4.69, 9.17) is 9.47 Å². The third-order valence-corrected chi connectivity index (χ3v) is 9.73. The van der Waals surface area contributed by atoms with Crippen LogP contribution in [0, 0.1) is 0 Å². The lowest BCUT2D eigenvalue weighted by Crippen LogP contribution is -2.28. The Morgan fingerprint density at radius 3 is 1.18 bits per heavy atom. The van der Waals surface area contributed by atoms with Gasteiger partial charge >= 0.3 is 11.9 Å². The maximum Gasteiger partial charge on any atom is 0.306 e. The molecule has 0 fully saturated rings. The summed E-state index contributed by atoms with van der Waals surface area (Å²) in [7, 11) is 0. The molecule has 0 rings (SSSR count). The van der Waals surface area contributed by atoms with Gasteiger partial charge in [-0.2, -0.15) is 0 Å². The van der Waals surface area contributed by atoms with Crippen LogP contribution in [0.4, 0.5) is 0 Å². The molecule has 1 atom stereocenters. The second-order valence-corrected chi connectivity index (χ2v) is 15.1. The van der Waals surface area contributed by atoms with E-state index in [2.05, 4.69) is 86.8 Å². The fourth-order valence-electron chi connectivity index (χ4n) is 6.27. The molecule has 5 heteroatoms. The maximum atomic E-state index is 12.2. The monoisotopic (exact) mass is 767 g/mol. The van der Waals surface area contributed by atoms with Gasteiger partial charge in [0.05, 0.1) is 6.61 Å². The Bertz CT molecular complexity index is 1000. The minimum atomic E-state index is -0.780. The zero-order valence-electron chi connectivity index (χ0n) is 35.9. The summed E-state index contributed by atoms with van der Waals surface area (Å²) in [6.07, 6.45) is 61.2. The van der Waals surface area contributed by atoms with Crippen LogP contribution in [-0.2, 0) is 19.1 Å². The summed E-state index contributed by atoms with van der Waals surface area (Å²) in [4.78, 5) is 24.3. The van der Waals surface area contributed by atoms with Crippen molar-refractivity contribution in [1.29, 1.82) is 0 Å². The number of hydrogen-bond donors (Lipinski definition) is 1. The summed E-state index contributed by atoms with van der Waals surface area (Å²) in [5, 5.41) is 9.59. The molecule has 0 aromatic heterocycles. The number of rotatable bonds is 41. The van der Waals surface area contributed by atoms with E-state index in [-0.39, 0.29) is 25.2 Å². The first-order valence-corrected chi connectivity index (χ1v) is 23.0. The standard InChI is InChI=1S/C50H86O5/c1-3-5-7-9-11-13-15-17-19-20-21-22-23-24-25-26-27-28-29-30-31-33-35-37-39-41-43-45-50(53)55-48(46-51)47-54-49(52)44-42-40-38-36-34-32-18-16-14-12-10-8-6-4-2/h5,7,10-13,16-19,21-22,48,51H,3-4,6,8-9,14-15,20,23-47H2,1-2H3/b7-5-,12-10-,13-11-,18-16-,19-17-,22-21-. The fraction of sp³-hybridized carbons (Fsp3) is 0.720. The average molecular weight is 767 g/mol. The molecule has 0 saturated heterocycles. The van der Waals surface area contributed by atoms with E-state index in [1.54, 1.807) is 0 Å². The number of hydrogen-bond acceptors (Lipinski definition) is 5. The Labute approximate surface area is 340 Å². The smallest absolute Gasteiger partial charge is 0.306 e. The van der Waals surface area contributed by atoms with Gasteiger partial charge in [0, 0.05) is 12.8 Å². The van der Waals surface area contributed by atoms with Crippen molar-refractivity contribution >= 4 is 11.9 Å². The number of aliphatic hydroxyl groups excluding tert-OH is 1. The molecule has 0 aromatic carbocycles. The van der Waals surface area contributed by atoms with Crippen molar-refractivity contribution in [2.24, 2.45) is 0 Å². The molecule has 5 nitrogen and oxygen atoms in total. The van der Waals surface area contributed by atoms with Crippen molar-refractivity contribution in [2.75, 3.05) is 13.2 Å². The summed E-state index contributed by atoms with van der Waals surface area (Å²) in [6, 6.07) is 0. The van der Waals surface area contributed by atoms with E-state index < -0.39 is 6.10 Å². The Kier molecular flexibility index (Phi) is 43.5. The number of unbranched alkanes of at least 4 members (excludes halogenated alkanes) is 21. The molecule has 1 unspecified atom stereocenters. The van der Waals surface area contributed by atoms with Crippen LogP contribution in [-0.4, -0.2) is 36.4 Å². The molecular formula is C50H86O5. The van der Waals surface area contributed by atoms with E-state index in [1.165, 1.54) is 109 Å². The Morgan fingerprint density at radius 2 is 0.782 bits per heavy atom. The van der Waals surface area contributed by atoms with Crippen molar-refractivity contribution in [2.45, 2.75) is 219 Å². The second kappa shape index (κ2) is 45.7. The molecule has 0 spiro atoms. The van der Waals surface area contributed by atoms with Gasteiger partial charge < -0.3 is 14.6 Å². The van der Waals surface area contributed by atoms with E-state index in [0.29, 0.717) is 12.8 Å². The van der Waals surface area contributed by atoms with Gasteiger partial charge in [0.2, 0.25) is 0 Å². The summed E-state index contributed by atoms with van der Waals surface area (Å²) in [5.41, 5.74) is 0. The third kappa shape index (κ3) is 43.9. The van der Waals surface area contributed by atoms with Gasteiger partial charge in [-0.05, 0) is 77.0 Å². The van der Waals surface area contributed by atoms with Crippen molar-refractivity contribution in [3.63, 3.8) is 0 Å². The summed E-state index contributed by atoms with van der Waals surface area (Å²) in [6.45, 7) is 3.97. The molecule has 0 aliphatic carbocycles. The van der Waals surface area contributed by atoms with Gasteiger partial charge in [0.15, 0.2) is 6.10 Å². The third-order valence-electron chi connectivity index (χ3n) is 9.73. The van der Waals surface area contributed by atoms with Gasteiger partial charge in [-0.1, -0.05) is 196 Å². The molecule has 0 heterocycles. The molecule has 0 aliphatic rings. The van der Waals surface area contributed by atoms with Crippen LogP contribution >= 0.6 is 0 Å². The fourth-order valence-corrected chi connectivity index (χ4v) is 6.27. The quantitative estimate of drug-likeness (QED) is 0.0381. The minimum absolute atomic E-state index is 0.0749. The molecule has 55 heavy (non-hydrogen) atoms. The van der Waals surface area contributed by atoms with Crippen LogP contribution < -0.4 is 0 Å². The number of carbonyl (C=O) groups excluding carboxylic acids is 2. The zero-order chi connectivity index (χ0) is 40.0. The van der Waals surface area contributed by atoms with Crippen LogP contribution in [0.3, 0.4) is 0 Å². The number of aliphatic hydroxyl groups is 1. The Hall–Kier alpha value is -2.66. The van der Waals surface area contributed by atoms with E-state index in [0.717, 1.165) is 77.0 Å². The van der Waals surface area contributed by atoms with Gasteiger partial charge in [-0.15, -0.1) is 0 Å². The number of ether oxygens (including phenoxy) is 2. The lowest BCUT2D eigenvalue weighted by molar-refractivity contribution is -0.161. The summed E-state index contributed by atoms with van der Waals surface area (Å²) < 4.78 is 10.6. The molecule has 316 valence electrons. The average Bonchev–Trinajstić information content (AvgIpc) is 3.19. The van der Waals surface area contributed by atoms with Crippen LogP contribution in [0.5, 0.6) is 0 Å². The van der Waals surface area contributed by atoms with Crippen LogP contribution in [0.25, 0.3) is 0 Å². The summed E-state index contributed by atoms with van der Waals surface area (Å²) >= 11 is 0. The predicted molar refractivity (Wildman–Crippen MR) is 237 cm³/mol. The molecule has 0 radical (unpaired) electrons. The van der Waals surface area contributed by atoms with E-state index in [1.807, 2.05) is 0 Å². The van der Waals surface area contributed by atoms with Crippen molar-refractivity contribution in [3.8, 4) is 0 Å². The zero-order valence-corrected chi connectivity index (χ0v) is 35.9. The topological polar surface area (TPSA) is 72.8 Å². The minimum Gasteiger partial charge on any atom is -0.462 e. The van der Waals surface area contributed by atoms with Crippen LogP contribution in [0.15, 0.2) is 72.9 Å². The first kappa shape index (κ1) is 52.3. The van der Waals surface area contributed by atoms with Crippen molar-refractivity contribution < 1.29 is 24.2 Å². The molecule has 0 saturated carbocycles. The molecule has 0 amide bonds. The Morgan fingerprint density at radius 1 is 0.436 bits per heavy atom. The lowest BCUT2D eigenvalue weighted by Gasteiger charge is -2.15. The highest BCUT2D eigenvalue weighted by Gasteiger charge is 2.16. The van der Waals surface area contributed by atoms with Gasteiger partial charge in [0.1, 0.15) is 6.61 Å². The number of carbonyl (C=O) groups is 2. The molecule has 0 aromatic rings. The predicted octanol–water partition coefficient (Wildman–Crippen LogP) is 14.9. The normalized spacial score (nSPS) is 12.9. The molecule has 0 bridgehead atoms. The highest BCUT2D eigenvalue weighted by atomic mass is 16.6. The number of esters is 2. The molecular weight excluding hydrogens is 681 g/mol. The maximum absolute atomic E-state index is 12.2. The van der Waals surface area contributed by atoms with E-state index in [9.17, 15) is 14.7 Å². The SMILES string of the molecule is CC/C=C\C/C=C\C/C=C\C/C=C\CCCCCCCCCCCCCCCCC(=O)OC(CO)COC(=O)CCCCCCC/C=C\C/C=C\CCCC. The lowest BCUT2D eigenvalue weighted by atomic mass is 10.0. The van der Waals surface area contributed by atoms with Crippen molar-refractivity contribution in [3.05, 3.63) is 72.9 Å². The highest BCUT2D eigenvalue weighted by molar-refractivity contribution is 5.70. The Balaban J connectivity index is 3.52. The van der Waals surface area contributed by atoms with Gasteiger partial charge in [-0.3, -0.25) is 9.59 Å². The molecule has 0 aliphatic heterocycles. The van der Waals surface area contributed by atoms with E-state index >= 15 is 0 Å². The highest BCUT2D eigenvalue weighted by Crippen LogP contribution is 2.15. The first-order chi connectivity index (χ1) is 27.1. The summed E-state index contributed by atoms with van der Waals surface area (Å²) in [5.74, 6) is -0.608. The first-order valence-electron chi connectivity index (χ1n) is 23.0. The van der Waals surface area contributed by atoms with Gasteiger partial charge in [-0.25, -0.2) is 0 Å². The number of allylic oxidation sites excluding steroid dienone is 12. The van der Waals surface area contributed by atoms with Crippen LogP contribution in [0.2, 0.25) is 0 Å².